The third-order valence-corrected chi connectivity index (χ3v) is 3.25. The van der Waals surface area contributed by atoms with E-state index in [-0.39, 0.29) is 26.0 Å². The molecule has 1 aliphatic rings. The van der Waals surface area contributed by atoms with Gasteiger partial charge in [0.05, 0.1) is 13.2 Å². The normalized spacial score (nSPS) is 16.8. The predicted octanol–water partition coefficient (Wildman–Crippen LogP) is 3.57. The first kappa shape index (κ1) is 13.7. The van der Waals surface area contributed by atoms with Crippen LogP contribution in [-0.4, -0.2) is 5.11 Å². The van der Waals surface area contributed by atoms with Crippen LogP contribution in [0.3, 0.4) is 0 Å². The number of ether oxygens (including phenoxy) is 1. The summed E-state index contributed by atoms with van der Waals surface area (Å²) in [6.45, 7) is 0.569. The summed E-state index contributed by atoms with van der Waals surface area (Å²) >= 11 is 0. The van der Waals surface area contributed by atoms with Crippen molar-refractivity contribution >= 4 is 0 Å². The molecule has 0 radical (unpaired) electrons. The van der Waals surface area contributed by atoms with Crippen LogP contribution in [0.5, 0.6) is 0 Å². The molecule has 2 aromatic rings. The summed E-state index contributed by atoms with van der Waals surface area (Å²) in [6.07, 6.45) is -0.131. The highest BCUT2D eigenvalue weighted by Crippen LogP contribution is 2.36. The largest absolute Gasteiger partial charge is 0.392 e. The lowest BCUT2D eigenvalue weighted by atomic mass is 9.98. The summed E-state index contributed by atoms with van der Waals surface area (Å²) in [5.74, 6) is -0.243. The molecule has 1 unspecified atom stereocenters. The summed E-state index contributed by atoms with van der Waals surface area (Å²) in [4.78, 5) is 0. The zero-order valence-corrected chi connectivity index (χ0v) is 9.77. The average molecular weight is 260 g/mol. The molecule has 2 aromatic carbocycles. The van der Waals surface area contributed by atoms with Crippen molar-refractivity contribution in [1.29, 1.82) is 0 Å². The molecule has 1 heterocycles. The molecule has 19 heavy (non-hydrogen) atoms. The summed E-state index contributed by atoms with van der Waals surface area (Å²) < 4.78 is 18.6. The molecular weight excluding hydrogens is 243 g/mol. The van der Waals surface area contributed by atoms with Crippen LogP contribution in [0.15, 0.2) is 42.5 Å². The van der Waals surface area contributed by atoms with Gasteiger partial charge in [-0.25, -0.2) is 4.39 Å². The first-order valence-electron chi connectivity index (χ1n) is 5.87. The van der Waals surface area contributed by atoms with Gasteiger partial charge in [0.1, 0.15) is 11.9 Å². The molecule has 0 aliphatic carbocycles. The van der Waals surface area contributed by atoms with E-state index in [1.807, 2.05) is 18.2 Å². The van der Waals surface area contributed by atoms with Crippen molar-refractivity contribution in [2.45, 2.75) is 26.7 Å². The molecule has 3 rings (SSSR count). The minimum atomic E-state index is -0.243. The Labute approximate surface area is 112 Å². The van der Waals surface area contributed by atoms with Gasteiger partial charge in [0.15, 0.2) is 0 Å². The lowest BCUT2D eigenvalue weighted by Gasteiger charge is -2.11. The van der Waals surface area contributed by atoms with Crippen molar-refractivity contribution in [3.05, 3.63) is 70.5 Å². The molecular formula is C16H17FO2. The Morgan fingerprint density at radius 1 is 1.16 bits per heavy atom. The fourth-order valence-corrected chi connectivity index (χ4v) is 2.31. The van der Waals surface area contributed by atoms with Crippen LogP contribution in [0.1, 0.15) is 35.8 Å². The maximum atomic E-state index is 12.9. The minimum Gasteiger partial charge on any atom is -0.392 e. The van der Waals surface area contributed by atoms with Crippen LogP contribution in [0, 0.1) is 5.82 Å². The summed E-state index contributed by atoms with van der Waals surface area (Å²) in [7, 11) is 0. The quantitative estimate of drug-likeness (QED) is 0.894. The van der Waals surface area contributed by atoms with Gasteiger partial charge in [0, 0.05) is 0 Å². The SMILES string of the molecule is C.OCc1ccc2c(c1)COC2c1ccc(F)cc1. The molecule has 0 saturated heterocycles. The van der Waals surface area contributed by atoms with Gasteiger partial charge in [-0.3, -0.25) is 0 Å². The number of fused-ring (bicyclic) bond motifs is 1. The smallest absolute Gasteiger partial charge is 0.123 e. The van der Waals surface area contributed by atoms with Crippen LogP contribution in [-0.2, 0) is 18.0 Å². The first-order valence-corrected chi connectivity index (χ1v) is 5.87. The van der Waals surface area contributed by atoms with Crippen LogP contribution in [0.25, 0.3) is 0 Å². The zero-order chi connectivity index (χ0) is 12.5. The van der Waals surface area contributed by atoms with Gasteiger partial charge in [-0.15, -0.1) is 0 Å². The molecule has 3 heteroatoms. The molecule has 0 saturated carbocycles. The highest BCUT2D eigenvalue weighted by molar-refractivity contribution is 5.40. The molecule has 0 amide bonds. The Hall–Kier alpha value is -1.71. The van der Waals surface area contributed by atoms with Crippen molar-refractivity contribution in [2.75, 3.05) is 0 Å². The van der Waals surface area contributed by atoms with Crippen LogP contribution < -0.4 is 0 Å². The number of hydrogen-bond donors (Lipinski definition) is 1. The molecule has 0 bridgehead atoms. The van der Waals surface area contributed by atoms with Crippen molar-refractivity contribution < 1.29 is 14.2 Å². The van der Waals surface area contributed by atoms with Crippen molar-refractivity contribution in [1.82, 2.24) is 0 Å². The topological polar surface area (TPSA) is 29.5 Å². The van der Waals surface area contributed by atoms with Gasteiger partial charge in [-0.1, -0.05) is 37.8 Å². The maximum absolute atomic E-state index is 12.9. The van der Waals surface area contributed by atoms with Crippen LogP contribution >= 0.6 is 0 Å². The molecule has 0 aromatic heterocycles. The van der Waals surface area contributed by atoms with Crippen LogP contribution in [0.4, 0.5) is 4.39 Å². The van der Waals surface area contributed by atoms with E-state index in [0.717, 1.165) is 22.3 Å². The summed E-state index contributed by atoms with van der Waals surface area (Å²) in [5, 5.41) is 9.10. The second-order valence-corrected chi connectivity index (χ2v) is 4.43. The standard InChI is InChI=1S/C15H13FO2.CH4/c16-13-4-2-11(3-5-13)15-14-6-1-10(8-17)7-12(14)9-18-15;/h1-7,15,17H,8-9H2;1H4. The molecule has 1 aliphatic heterocycles. The number of rotatable bonds is 2. The highest BCUT2D eigenvalue weighted by Gasteiger charge is 2.24. The fraction of sp³-hybridized carbons (Fsp3) is 0.250. The highest BCUT2D eigenvalue weighted by atomic mass is 19.1. The Morgan fingerprint density at radius 2 is 1.89 bits per heavy atom. The van der Waals surface area contributed by atoms with Crippen molar-refractivity contribution in [3.8, 4) is 0 Å². The van der Waals surface area contributed by atoms with Gasteiger partial charge < -0.3 is 9.84 Å². The zero-order valence-electron chi connectivity index (χ0n) is 9.77. The molecule has 2 nitrogen and oxygen atoms in total. The van der Waals surface area contributed by atoms with E-state index in [0.29, 0.717) is 6.61 Å². The third-order valence-electron chi connectivity index (χ3n) is 3.25. The van der Waals surface area contributed by atoms with E-state index >= 15 is 0 Å². The van der Waals surface area contributed by atoms with E-state index in [4.69, 9.17) is 9.84 Å². The number of halogens is 1. The number of hydrogen-bond acceptors (Lipinski definition) is 2. The minimum absolute atomic E-state index is 0. The average Bonchev–Trinajstić information content (AvgIpc) is 2.82. The molecule has 1 atom stereocenters. The fourth-order valence-electron chi connectivity index (χ4n) is 2.31. The van der Waals surface area contributed by atoms with Gasteiger partial charge >= 0.3 is 0 Å². The van der Waals surface area contributed by atoms with E-state index in [1.165, 1.54) is 12.1 Å². The second kappa shape index (κ2) is 5.51. The number of aliphatic hydroxyl groups excluding tert-OH is 1. The molecule has 0 spiro atoms. The van der Waals surface area contributed by atoms with E-state index in [1.54, 1.807) is 12.1 Å². The van der Waals surface area contributed by atoms with Gasteiger partial charge in [-0.2, -0.15) is 0 Å². The van der Waals surface area contributed by atoms with Gasteiger partial charge in [0.2, 0.25) is 0 Å². The van der Waals surface area contributed by atoms with Crippen LogP contribution in [0.2, 0.25) is 0 Å². The van der Waals surface area contributed by atoms with Gasteiger partial charge in [-0.05, 0) is 34.4 Å². The maximum Gasteiger partial charge on any atom is 0.123 e. The van der Waals surface area contributed by atoms with Crippen molar-refractivity contribution in [2.24, 2.45) is 0 Å². The monoisotopic (exact) mass is 260 g/mol. The summed E-state index contributed by atoms with van der Waals surface area (Å²) in [6, 6.07) is 12.2. The van der Waals surface area contributed by atoms with Gasteiger partial charge in [0.25, 0.3) is 0 Å². The lowest BCUT2D eigenvalue weighted by molar-refractivity contribution is 0.0939. The molecule has 100 valence electrons. The molecule has 0 fully saturated rings. The number of aliphatic hydroxyl groups is 1. The Morgan fingerprint density at radius 3 is 2.58 bits per heavy atom. The third kappa shape index (κ3) is 2.53. The lowest BCUT2D eigenvalue weighted by Crippen LogP contribution is -1.98. The Balaban J connectivity index is 0.00000133. The Kier molecular flexibility index (Phi) is 3.98. The predicted molar refractivity (Wildman–Crippen MR) is 72.1 cm³/mol. The number of benzene rings is 2. The van der Waals surface area contributed by atoms with E-state index < -0.39 is 0 Å². The van der Waals surface area contributed by atoms with Crippen molar-refractivity contribution in [3.63, 3.8) is 0 Å². The second-order valence-electron chi connectivity index (χ2n) is 4.43. The molecule has 1 N–H and O–H groups in total. The first-order chi connectivity index (χ1) is 8.78. The van der Waals surface area contributed by atoms with E-state index in [2.05, 4.69) is 0 Å². The Bertz CT molecular complexity index is 563. The van der Waals surface area contributed by atoms with E-state index in [9.17, 15) is 4.39 Å². The summed E-state index contributed by atoms with van der Waals surface area (Å²) in [5.41, 5.74) is 4.03.